The Bertz CT molecular complexity index is 1220. The van der Waals surface area contributed by atoms with Crippen molar-refractivity contribution in [3.05, 3.63) is 82.3 Å². The predicted octanol–water partition coefficient (Wildman–Crippen LogP) is 3.74. The van der Waals surface area contributed by atoms with Gasteiger partial charge >= 0.3 is 0 Å². The second-order valence-electron chi connectivity index (χ2n) is 8.31. The molecule has 1 saturated heterocycles. The van der Waals surface area contributed by atoms with Crippen LogP contribution in [-0.4, -0.2) is 60.9 Å². The summed E-state index contributed by atoms with van der Waals surface area (Å²) in [6.45, 7) is 6.05. The third-order valence-electron chi connectivity index (χ3n) is 5.92. The highest BCUT2D eigenvalue weighted by atomic mass is 32.2. The van der Waals surface area contributed by atoms with E-state index >= 15 is 0 Å². The van der Waals surface area contributed by atoms with E-state index in [-0.39, 0.29) is 27.4 Å². The molecule has 0 unspecified atom stereocenters. The van der Waals surface area contributed by atoms with Gasteiger partial charge in [0.2, 0.25) is 5.91 Å². The lowest BCUT2D eigenvalue weighted by atomic mass is 10.2. The Labute approximate surface area is 213 Å². The zero-order valence-electron chi connectivity index (χ0n) is 19.8. The van der Waals surface area contributed by atoms with Crippen molar-refractivity contribution in [3.8, 4) is 5.69 Å². The maximum absolute atomic E-state index is 12.9. The lowest BCUT2D eigenvalue weighted by Crippen LogP contribution is -2.43. The molecule has 8 nitrogen and oxygen atoms in total. The highest BCUT2D eigenvalue weighted by molar-refractivity contribution is 8.37. The van der Waals surface area contributed by atoms with Crippen LogP contribution in [0.5, 0.6) is 0 Å². The van der Waals surface area contributed by atoms with Crippen LogP contribution < -0.4 is 10.9 Å². The third-order valence-corrected chi connectivity index (χ3v) is 7.92. The molecule has 10 heteroatoms. The number of carbonyl (C=O) groups is 2. The van der Waals surface area contributed by atoms with E-state index in [0.717, 1.165) is 44.5 Å². The van der Waals surface area contributed by atoms with Crippen molar-refractivity contribution in [1.29, 1.82) is 0 Å². The van der Waals surface area contributed by atoms with Gasteiger partial charge in [0.15, 0.2) is 0 Å². The molecule has 0 bridgehead atoms. The molecule has 0 aliphatic carbocycles. The van der Waals surface area contributed by atoms with E-state index in [1.54, 1.807) is 18.7 Å². The fourth-order valence-electron chi connectivity index (χ4n) is 3.96. The van der Waals surface area contributed by atoms with E-state index in [4.69, 9.17) is 0 Å². The number of thioether (sulfide) groups is 1. The zero-order valence-corrected chi connectivity index (χ0v) is 21.5. The maximum Gasteiger partial charge on any atom is 0.295 e. The zero-order chi connectivity index (χ0) is 24.8. The highest BCUT2D eigenvalue weighted by Gasteiger charge is 2.22. The van der Waals surface area contributed by atoms with Gasteiger partial charge in [0.1, 0.15) is 5.69 Å². The fraction of sp³-hybridized carbons (Fsp3) is 0.320. The quantitative estimate of drug-likeness (QED) is 0.484. The van der Waals surface area contributed by atoms with Gasteiger partial charge in [-0.1, -0.05) is 60.3 Å². The molecule has 3 aromatic rings. The molecule has 0 spiro atoms. The van der Waals surface area contributed by atoms with Crippen LogP contribution >= 0.6 is 23.7 Å². The summed E-state index contributed by atoms with van der Waals surface area (Å²) in [6, 6.07) is 19.6. The number of rotatable bonds is 7. The normalized spacial score (nSPS) is 14.7. The number of hydrogen-bond acceptors (Lipinski definition) is 7. The molecule has 1 amide bonds. The largest absolute Gasteiger partial charge is 0.319 e. The molecule has 1 N–H and O–H groups in total. The number of benzene rings is 2. The SMILES string of the molecule is Cc1c(NC(=O)CSC(=O)SN2CCN(Cc3ccccc3)CC2)c(=O)n(-c2ccccc2)n1C. The van der Waals surface area contributed by atoms with E-state index in [2.05, 4.69) is 26.7 Å². The van der Waals surface area contributed by atoms with Crippen molar-refractivity contribution < 1.29 is 9.59 Å². The maximum atomic E-state index is 12.9. The van der Waals surface area contributed by atoms with Crippen LogP contribution in [0.25, 0.3) is 5.69 Å². The Morgan fingerprint density at radius 2 is 1.57 bits per heavy atom. The average molecular weight is 512 g/mol. The predicted molar refractivity (Wildman–Crippen MR) is 143 cm³/mol. The Morgan fingerprint density at radius 1 is 0.943 bits per heavy atom. The smallest absolute Gasteiger partial charge is 0.295 e. The number of piperazine rings is 1. The first-order valence-electron chi connectivity index (χ1n) is 11.4. The molecule has 0 radical (unpaired) electrons. The number of hydrogen-bond donors (Lipinski definition) is 1. The minimum absolute atomic E-state index is 0.0427. The lowest BCUT2D eigenvalue weighted by Gasteiger charge is -2.33. The van der Waals surface area contributed by atoms with E-state index < -0.39 is 0 Å². The second kappa shape index (κ2) is 11.8. The third kappa shape index (κ3) is 6.46. The lowest BCUT2D eigenvalue weighted by molar-refractivity contribution is -0.113. The van der Waals surface area contributed by atoms with Gasteiger partial charge in [0.25, 0.3) is 10.0 Å². The van der Waals surface area contributed by atoms with Crippen LogP contribution in [0.3, 0.4) is 0 Å². The van der Waals surface area contributed by atoms with Crippen LogP contribution in [0, 0.1) is 6.92 Å². The Hall–Kier alpha value is -2.79. The van der Waals surface area contributed by atoms with Crippen molar-refractivity contribution >= 4 is 39.8 Å². The van der Waals surface area contributed by atoms with Gasteiger partial charge in [0, 0.05) is 51.7 Å². The number of para-hydroxylation sites is 1. The van der Waals surface area contributed by atoms with E-state index in [0.29, 0.717) is 11.4 Å². The van der Waals surface area contributed by atoms with Crippen molar-refractivity contribution in [1.82, 2.24) is 18.6 Å². The monoisotopic (exact) mass is 511 g/mol. The van der Waals surface area contributed by atoms with Crippen LogP contribution in [0.1, 0.15) is 11.3 Å². The standard InChI is InChI=1S/C25H29N5O3S2/c1-19-23(24(32)30(27(19)2)21-11-7-4-8-12-21)26-22(31)18-34-25(33)35-29-15-13-28(14-16-29)17-20-9-5-3-6-10-20/h3-12H,13-18H2,1-2H3,(H,26,31). The summed E-state index contributed by atoms with van der Waals surface area (Å²) in [5.74, 6) is -0.415. The molecule has 1 aliphatic rings. The molecular weight excluding hydrogens is 482 g/mol. The van der Waals surface area contributed by atoms with Gasteiger partial charge < -0.3 is 5.32 Å². The second-order valence-corrected chi connectivity index (χ2v) is 10.6. The average Bonchev–Trinajstić information content (AvgIpc) is 3.08. The first kappa shape index (κ1) is 25.3. The summed E-state index contributed by atoms with van der Waals surface area (Å²) >= 11 is 2.13. The van der Waals surface area contributed by atoms with Crippen molar-refractivity contribution in [3.63, 3.8) is 0 Å². The molecule has 184 valence electrons. The van der Waals surface area contributed by atoms with Crippen molar-refractivity contribution in [2.24, 2.45) is 7.05 Å². The minimum Gasteiger partial charge on any atom is -0.319 e. The molecule has 2 aromatic carbocycles. The van der Waals surface area contributed by atoms with E-state index in [1.807, 2.05) is 48.5 Å². The summed E-state index contributed by atoms with van der Waals surface area (Å²) in [5, 5.41) is 2.70. The summed E-state index contributed by atoms with van der Waals surface area (Å²) in [4.78, 5) is 40.3. The van der Waals surface area contributed by atoms with Gasteiger partial charge in [-0.25, -0.2) is 8.99 Å². The topological polar surface area (TPSA) is 79.6 Å². The highest BCUT2D eigenvalue weighted by Crippen LogP contribution is 2.23. The molecule has 1 aromatic heterocycles. The molecule has 1 fully saturated rings. The van der Waals surface area contributed by atoms with Gasteiger partial charge in [-0.05, 0) is 24.6 Å². The Kier molecular flexibility index (Phi) is 8.50. The first-order chi connectivity index (χ1) is 16.9. The summed E-state index contributed by atoms with van der Waals surface area (Å²) in [5.41, 5.74) is 2.58. The number of amides is 1. The number of aromatic nitrogens is 2. The number of nitrogens with one attached hydrogen (secondary N) is 1. The number of anilines is 1. The fourth-order valence-corrected chi connectivity index (χ4v) is 5.55. The molecule has 0 saturated carbocycles. The van der Waals surface area contributed by atoms with Gasteiger partial charge in [-0.2, -0.15) is 0 Å². The summed E-state index contributed by atoms with van der Waals surface area (Å²) < 4.78 is 5.15. The van der Waals surface area contributed by atoms with Gasteiger partial charge in [-0.3, -0.25) is 24.0 Å². The molecule has 4 rings (SSSR count). The molecule has 35 heavy (non-hydrogen) atoms. The Balaban J connectivity index is 1.24. The summed E-state index contributed by atoms with van der Waals surface area (Å²) in [6.07, 6.45) is 0. The van der Waals surface area contributed by atoms with Crippen molar-refractivity contribution in [2.45, 2.75) is 13.5 Å². The van der Waals surface area contributed by atoms with Crippen LogP contribution in [-0.2, 0) is 18.4 Å². The van der Waals surface area contributed by atoms with Crippen LogP contribution in [0.2, 0.25) is 0 Å². The molecule has 2 heterocycles. The van der Waals surface area contributed by atoms with E-state index in [1.165, 1.54) is 22.2 Å². The first-order valence-corrected chi connectivity index (χ1v) is 13.2. The van der Waals surface area contributed by atoms with Crippen molar-refractivity contribution in [2.75, 3.05) is 37.2 Å². The molecule has 0 atom stereocenters. The van der Waals surface area contributed by atoms with Crippen LogP contribution in [0.4, 0.5) is 10.5 Å². The van der Waals surface area contributed by atoms with E-state index in [9.17, 15) is 14.4 Å². The van der Waals surface area contributed by atoms with Gasteiger partial charge in [-0.15, -0.1) is 0 Å². The Morgan fingerprint density at radius 3 is 2.23 bits per heavy atom. The minimum atomic E-state index is -0.373. The molecular formula is C25H29N5O3S2. The summed E-state index contributed by atoms with van der Waals surface area (Å²) in [7, 11) is 1.77. The number of carbonyl (C=O) groups excluding carboxylic acids is 2. The molecule has 1 aliphatic heterocycles. The van der Waals surface area contributed by atoms with Gasteiger partial charge in [0.05, 0.1) is 17.1 Å². The number of nitrogens with zero attached hydrogens (tertiary/aromatic N) is 4. The van der Waals surface area contributed by atoms with Crippen LogP contribution in [0.15, 0.2) is 65.5 Å².